The number of thiazole rings is 1. The second kappa shape index (κ2) is 7.19. The predicted octanol–water partition coefficient (Wildman–Crippen LogP) is 2.97. The van der Waals surface area contributed by atoms with Crippen molar-refractivity contribution >= 4 is 44.4 Å². The van der Waals surface area contributed by atoms with Gasteiger partial charge < -0.3 is 10.4 Å². The Labute approximate surface area is 133 Å². The molecule has 6 nitrogen and oxygen atoms in total. The zero-order valence-electron chi connectivity index (χ0n) is 10.8. The van der Waals surface area contributed by atoms with Crippen LogP contribution in [0.3, 0.4) is 0 Å². The molecule has 2 amide bonds. The quantitative estimate of drug-likeness (QED) is 0.755. The first-order chi connectivity index (χ1) is 10.0. The van der Waals surface area contributed by atoms with Crippen LogP contribution in [0.4, 0.5) is 9.93 Å². The third-order valence-electron chi connectivity index (χ3n) is 2.57. The van der Waals surface area contributed by atoms with Gasteiger partial charge in [-0.25, -0.2) is 14.6 Å². The van der Waals surface area contributed by atoms with E-state index >= 15 is 0 Å². The number of hydrogen-bond donors (Lipinski definition) is 3. The Balaban J connectivity index is 1.80. The fraction of sp³-hybridized carbons (Fsp3) is 0.154. The Kier molecular flexibility index (Phi) is 5.29. The number of carbonyl (C=O) groups is 2. The summed E-state index contributed by atoms with van der Waals surface area (Å²) in [7, 11) is 0. The van der Waals surface area contributed by atoms with Gasteiger partial charge in [0, 0.05) is 6.54 Å². The van der Waals surface area contributed by atoms with Crippen LogP contribution in [0.5, 0.6) is 0 Å². The smallest absolute Gasteiger partial charge is 0.335 e. The number of benzene rings is 1. The number of nitrogens with zero attached hydrogens (tertiary/aromatic N) is 1. The number of urea groups is 1. The number of amides is 2. The van der Waals surface area contributed by atoms with Crippen LogP contribution in [0.1, 0.15) is 15.9 Å². The first-order valence-electron chi connectivity index (χ1n) is 6.03. The van der Waals surface area contributed by atoms with Gasteiger partial charge in [-0.2, -0.15) is 0 Å². The van der Waals surface area contributed by atoms with Gasteiger partial charge in [-0.05, 0) is 40.0 Å². The molecular formula is C13H12BrN3O3S. The summed E-state index contributed by atoms with van der Waals surface area (Å²) in [5.74, 6) is -0.961. The fourth-order valence-electron chi connectivity index (χ4n) is 1.63. The van der Waals surface area contributed by atoms with E-state index in [4.69, 9.17) is 5.11 Å². The number of carbonyl (C=O) groups excluding carboxylic acids is 1. The second-order valence-corrected chi connectivity index (χ2v) is 6.52. The molecule has 0 aliphatic heterocycles. The van der Waals surface area contributed by atoms with Crippen LogP contribution >= 0.6 is 27.3 Å². The third-order valence-corrected chi connectivity index (χ3v) is 3.96. The highest BCUT2D eigenvalue weighted by Crippen LogP contribution is 2.22. The highest BCUT2D eigenvalue weighted by Gasteiger charge is 2.06. The van der Waals surface area contributed by atoms with Gasteiger partial charge in [0.05, 0.1) is 15.5 Å². The molecule has 21 heavy (non-hydrogen) atoms. The minimum Gasteiger partial charge on any atom is -0.478 e. The number of nitrogens with one attached hydrogen (secondary N) is 2. The summed E-state index contributed by atoms with van der Waals surface area (Å²) in [6.45, 7) is 0.404. The molecule has 1 aromatic heterocycles. The van der Waals surface area contributed by atoms with Crippen LogP contribution < -0.4 is 10.6 Å². The van der Waals surface area contributed by atoms with Gasteiger partial charge in [0.1, 0.15) is 0 Å². The van der Waals surface area contributed by atoms with E-state index in [2.05, 4.69) is 31.5 Å². The van der Waals surface area contributed by atoms with Crippen molar-refractivity contribution < 1.29 is 14.7 Å². The molecule has 0 spiro atoms. The fourth-order valence-corrected chi connectivity index (χ4v) is 2.74. The molecule has 2 aromatic rings. The lowest BCUT2D eigenvalue weighted by Gasteiger charge is -2.06. The zero-order valence-corrected chi connectivity index (χ0v) is 13.2. The largest absolute Gasteiger partial charge is 0.478 e. The molecule has 1 heterocycles. The normalized spacial score (nSPS) is 10.1. The molecule has 2 rings (SSSR count). The lowest BCUT2D eigenvalue weighted by Crippen LogP contribution is -2.30. The van der Waals surface area contributed by atoms with Crippen LogP contribution in [0.25, 0.3) is 0 Å². The monoisotopic (exact) mass is 369 g/mol. The van der Waals surface area contributed by atoms with E-state index in [-0.39, 0.29) is 11.6 Å². The maximum atomic E-state index is 11.6. The van der Waals surface area contributed by atoms with E-state index in [1.165, 1.54) is 17.4 Å². The molecule has 0 unspecified atom stereocenters. The molecule has 0 saturated carbocycles. The maximum absolute atomic E-state index is 11.6. The Morgan fingerprint density at radius 3 is 2.86 bits per heavy atom. The van der Waals surface area contributed by atoms with E-state index in [1.807, 2.05) is 6.07 Å². The topological polar surface area (TPSA) is 91.3 Å². The van der Waals surface area contributed by atoms with E-state index in [0.29, 0.717) is 18.1 Å². The van der Waals surface area contributed by atoms with Gasteiger partial charge in [-0.15, -0.1) is 0 Å². The SMILES string of the molecule is O=C(NCCc1cccc(C(=O)O)c1)Nc1ncc(Br)s1. The van der Waals surface area contributed by atoms with E-state index in [9.17, 15) is 9.59 Å². The maximum Gasteiger partial charge on any atom is 0.335 e. The summed E-state index contributed by atoms with van der Waals surface area (Å²) >= 11 is 4.58. The molecule has 0 radical (unpaired) electrons. The van der Waals surface area contributed by atoms with Gasteiger partial charge >= 0.3 is 12.0 Å². The lowest BCUT2D eigenvalue weighted by atomic mass is 10.1. The molecule has 0 atom stereocenters. The molecule has 8 heteroatoms. The van der Waals surface area contributed by atoms with E-state index < -0.39 is 5.97 Å². The molecule has 110 valence electrons. The second-order valence-electron chi connectivity index (χ2n) is 4.11. The standard InChI is InChI=1S/C13H12BrN3O3S/c14-10-7-16-13(21-10)17-12(20)15-5-4-8-2-1-3-9(6-8)11(18)19/h1-3,6-7H,4-5H2,(H,18,19)(H2,15,16,17,20). The van der Waals surface area contributed by atoms with Gasteiger partial charge in [0.2, 0.25) is 0 Å². The molecule has 0 bridgehead atoms. The summed E-state index contributed by atoms with van der Waals surface area (Å²) in [5, 5.41) is 14.7. The number of aromatic carboxylic acids is 1. The van der Waals surface area contributed by atoms with Crippen LogP contribution in [-0.2, 0) is 6.42 Å². The summed E-state index contributed by atoms with van der Waals surface area (Å²) in [5.41, 5.74) is 1.09. The number of carboxylic acid groups (broad SMARTS) is 1. The number of carboxylic acids is 1. The Morgan fingerprint density at radius 2 is 2.19 bits per heavy atom. The number of anilines is 1. The first-order valence-corrected chi connectivity index (χ1v) is 7.64. The van der Waals surface area contributed by atoms with E-state index in [1.54, 1.807) is 18.3 Å². The Morgan fingerprint density at radius 1 is 1.38 bits per heavy atom. The van der Waals surface area contributed by atoms with Crippen LogP contribution in [0, 0.1) is 0 Å². The Hall–Kier alpha value is -1.93. The van der Waals surface area contributed by atoms with Crippen LogP contribution in [0.2, 0.25) is 0 Å². The highest BCUT2D eigenvalue weighted by molar-refractivity contribution is 9.11. The molecule has 0 aliphatic rings. The number of aromatic nitrogens is 1. The molecule has 0 fully saturated rings. The van der Waals surface area contributed by atoms with Crippen molar-refractivity contribution in [2.45, 2.75) is 6.42 Å². The summed E-state index contributed by atoms with van der Waals surface area (Å²) in [6, 6.07) is 6.30. The summed E-state index contributed by atoms with van der Waals surface area (Å²) in [6.07, 6.45) is 2.16. The molecule has 3 N–H and O–H groups in total. The molecule has 0 saturated heterocycles. The van der Waals surface area contributed by atoms with Crippen molar-refractivity contribution in [1.82, 2.24) is 10.3 Å². The van der Waals surface area contributed by atoms with Gasteiger partial charge in [0.25, 0.3) is 0 Å². The van der Waals surface area contributed by atoms with Crippen molar-refractivity contribution in [2.75, 3.05) is 11.9 Å². The van der Waals surface area contributed by atoms with Gasteiger partial charge in [0.15, 0.2) is 5.13 Å². The van der Waals surface area contributed by atoms with Crippen molar-refractivity contribution in [3.63, 3.8) is 0 Å². The van der Waals surface area contributed by atoms with Crippen LogP contribution in [0.15, 0.2) is 34.2 Å². The predicted molar refractivity (Wildman–Crippen MR) is 83.9 cm³/mol. The van der Waals surface area contributed by atoms with Gasteiger partial charge in [-0.1, -0.05) is 23.5 Å². The zero-order chi connectivity index (χ0) is 15.2. The van der Waals surface area contributed by atoms with Crippen molar-refractivity contribution in [3.05, 3.63) is 45.4 Å². The molecule has 1 aromatic carbocycles. The minimum atomic E-state index is -0.961. The highest BCUT2D eigenvalue weighted by atomic mass is 79.9. The third kappa shape index (κ3) is 4.83. The van der Waals surface area contributed by atoms with Crippen LogP contribution in [-0.4, -0.2) is 28.6 Å². The average molecular weight is 370 g/mol. The lowest BCUT2D eigenvalue weighted by molar-refractivity contribution is 0.0696. The summed E-state index contributed by atoms with van der Waals surface area (Å²) in [4.78, 5) is 26.5. The first kappa shape index (κ1) is 15.5. The van der Waals surface area contributed by atoms with Gasteiger partial charge in [-0.3, -0.25) is 5.32 Å². The minimum absolute atomic E-state index is 0.240. The van der Waals surface area contributed by atoms with E-state index in [0.717, 1.165) is 9.35 Å². The van der Waals surface area contributed by atoms with Crippen molar-refractivity contribution in [1.29, 1.82) is 0 Å². The molecule has 0 aliphatic carbocycles. The Bertz CT molecular complexity index is 660. The summed E-state index contributed by atoms with van der Waals surface area (Å²) < 4.78 is 0.836. The molecular weight excluding hydrogens is 358 g/mol. The number of halogens is 1. The van der Waals surface area contributed by atoms with Crippen molar-refractivity contribution in [2.24, 2.45) is 0 Å². The number of rotatable bonds is 5. The average Bonchev–Trinajstić information content (AvgIpc) is 2.84. The van der Waals surface area contributed by atoms with Crippen molar-refractivity contribution in [3.8, 4) is 0 Å². The number of hydrogen-bond acceptors (Lipinski definition) is 4.